The number of para-hydroxylation sites is 2. The number of carbonyl (C=O) groups excluding carboxylic acids is 3. The summed E-state index contributed by atoms with van der Waals surface area (Å²) in [5.41, 5.74) is 1.60. The zero-order chi connectivity index (χ0) is 19.3. The Kier molecular flexibility index (Phi) is 4.23. The minimum Gasteiger partial charge on any atom is -0.277 e. The van der Waals surface area contributed by atoms with Crippen molar-refractivity contribution in [3.05, 3.63) is 48.5 Å². The molecule has 1 saturated carbocycles. The fourth-order valence-electron chi connectivity index (χ4n) is 4.57. The molecule has 3 aliphatic rings. The number of amides is 3. The van der Waals surface area contributed by atoms with Crippen molar-refractivity contribution in [3.63, 3.8) is 0 Å². The number of anilines is 2. The summed E-state index contributed by atoms with van der Waals surface area (Å²) in [6, 6.07) is 15.5. The van der Waals surface area contributed by atoms with Crippen LogP contribution in [-0.2, 0) is 14.4 Å². The number of hydrogen-bond acceptors (Lipinski definition) is 4. The van der Waals surface area contributed by atoms with E-state index in [1.165, 1.54) is 4.90 Å². The predicted molar refractivity (Wildman–Crippen MR) is 106 cm³/mol. The van der Waals surface area contributed by atoms with Gasteiger partial charge in [-0.3, -0.25) is 24.2 Å². The molecule has 5 rings (SSSR count). The van der Waals surface area contributed by atoms with Crippen LogP contribution in [0.2, 0.25) is 0 Å². The molecule has 2 atom stereocenters. The minimum absolute atomic E-state index is 0.170. The Labute approximate surface area is 167 Å². The highest BCUT2D eigenvalue weighted by Gasteiger charge is 2.49. The van der Waals surface area contributed by atoms with Crippen LogP contribution >= 0.6 is 11.8 Å². The van der Waals surface area contributed by atoms with E-state index >= 15 is 0 Å². The molecule has 1 saturated heterocycles. The lowest BCUT2D eigenvalue weighted by Crippen LogP contribution is -2.42. The van der Waals surface area contributed by atoms with Crippen LogP contribution in [0.3, 0.4) is 0 Å². The van der Waals surface area contributed by atoms with Crippen molar-refractivity contribution in [2.24, 2.45) is 11.8 Å². The first-order valence-corrected chi connectivity index (χ1v) is 10.5. The van der Waals surface area contributed by atoms with Gasteiger partial charge < -0.3 is 0 Å². The number of imide groups is 1. The van der Waals surface area contributed by atoms with Crippen molar-refractivity contribution < 1.29 is 14.4 Å². The average molecular weight is 392 g/mol. The molecule has 2 aromatic carbocycles. The van der Waals surface area contributed by atoms with Gasteiger partial charge in [-0.2, -0.15) is 0 Å². The van der Waals surface area contributed by atoms with Gasteiger partial charge in [0.05, 0.1) is 23.2 Å². The van der Waals surface area contributed by atoms with E-state index < -0.39 is 0 Å². The van der Waals surface area contributed by atoms with Crippen molar-refractivity contribution >= 4 is 40.9 Å². The van der Waals surface area contributed by atoms with Crippen molar-refractivity contribution in [2.45, 2.75) is 35.5 Å². The number of rotatable bonds is 2. The molecule has 2 aliphatic heterocycles. The maximum absolute atomic E-state index is 13.3. The largest absolute Gasteiger partial charge is 0.277 e. The first-order chi connectivity index (χ1) is 13.6. The van der Waals surface area contributed by atoms with Crippen LogP contribution in [-0.4, -0.2) is 29.2 Å². The molecule has 2 heterocycles. The van der Waals surface area contributed by atoms with Gasteiger partial charge in [0, 0.05) is 9.79 Å². The van der Waals surface area contributed by atoms with E-state index in [4.69, 9.17) is 0 Å². The van der Waals surface area contributed by atoms with Gasteiger partial charge in [0.15, 0.2) is 0 Å². The van der Waals surface area contributed by atoms with Crippen LogP contribution in [0.25, 0.3) is 0 Å². The van der Waals surface area contributed by atoms with Gasteiger partial charge in [0.2, 0.25) is 11.8 Å². The highest BCUT2D eigenvalue weighted by atomic mass is 32.2. The fourth-order valence-corrected chi connectivity index (χ4v) is 5.62. The summed E-state index contributed by atoms with van der Waals surface area (Å²) in [5, 5.41) is 0. The monoisotopic (exact) mass is 392 g/mol. The van der Waals surface area contributed by atoms with Gasteiger partial charge >= 0.3 is 0 Å². The van der Waals surface area contributed by atoms with Crippen molar-refractivity contribution in [3.8, 4) is 0 Å². The van der Waals surface area contributed by atoms with E-state index in [1.54, 1.807) is 16.7 Å². The lowest BCUT2D eigenvalue weighted by atomic mass is 9.81. The molecule has 28 heavy (non-hydrogen) atoms. The molecule has 0 aromatic heterocycles. The second-order valence-electron chi connectivity index (χ2n) is 7.53. The van der Waals surface area contributed by atoms with Gasteiger partial charge in [0.25, 0.3) is 5.91 Å². The van der Waals surface area contributed by atoms with E-state index in [-0.39, 0.29) is 36.1 Å². The van der Waals surface area contributed by atoms with Crippen molar-refractivity contribution in [2.75, 3.05) is 11.4 Å². The second kappa shape index (κ2) is 6.78. The molecule has 0 radical (unpaired) electrons. The Morgan fingerprint density at radius 2 is 1.36 bits per heavy atom. The van der Waals surface area contributed by atoms with Crippen LogP contribution in [0.15, 0.2) is 58.3 Å². The van der Waals surface area contributed by atoms with Crippen molar-refractivity contribution in [1.29, 1.82) is 0 Å². The molecule has 142 valence electrons. The Morgan fingerprint density at radius 3 is 1.89 bits per heavy atom. The highest BCUT2D eigenvalue weighted by molar-refractivity contribution is 7.99. The van der Waals surface area contributed by atoms with E-state index in [0.717, 1.165) is 46.8 Å². The smallest absolute Gasteiger partial charge is 0.251 e. The molecule has 2 fully saturated rings. The van der Waals surface area contributed by atoms with Crippen LogP contribution in [0.1, 0.15) is 25.7 Å². The minimum atomic E-state index is -0.249. The SMILES string of the molecule is O=C1[C@H]2CCCC[C@@H]2C(=O)N1CC(=O)N1c2ccccc2Sc2ccccc21. The molecule has 0 unspecified atom stereocenters. The van der Waals surface area contributed by atoms with E-state index in [9.17, 15) is 14.4 Å². The summed E-state index contributed by atoms with van der Waals surface area (Å²) < 4.78 is 0. The third kappa shape index (κ3) is 2.66. The Hall–Kier alpha value is -2.60. The number of nitrogens with zero attached hydrogens (tertiary/aromatic N) is 2. The van der Waals surface area contributed by atoms with Crippen LogP contribution in [0.4, 0.5) is 11.4 Å². The Bertz CT molecular complexity index is 920. The van der Waals surface area contributed by atoms with Crippen LogP contribution in [0.5, 0.6) is 0 Å². The summed E-state index contributed by atoms with van der Waals surface area (Å²) in [6.07, 6.45) is 3.47. The summed E-state index contributed by atoms with van der Waals surface area (Å²) in [5.74, 6) is -1.05. The fraction of sp³-hybridized carbons (Fsp3) is 0.318. The Balaban J connectivity index is 1.48. The van der Waals surface area contributed by atoms with Gasteiger partial charge in [-0.05, 0) is 37.1 Å². The van der Waals surface area contributed by atoms with Crippen LogP contribution in [0, 0.1) is 11.8 Å². The molecule has 3 amide bonds. The second-order valence-corrected chi connectivity index (χ2v) is 8.61. The number of likely N-dealkylation sites (tertiary alicyclic amines) is 1. The topological polar surface area (TPSA) is 57.7 Å². The van der Waals surface area contributed by atoms with Gasteiger partial charge in [-0.25, -0.2) is 0 Å². The van der Waals surface area contributed by atoms with Crippen LogP contribution < -0.4 is 4.90 Å². The van der Waals surface area contributed by atoms with E-state index in [1.807, 2.05) is 48.5 Å². The molecule has 0 spiro atoms. The molecular formula is C22H20N2O3S. The number of carbonyl (C=O) groups is 3. The first kappa shape index (κ1) is 17.5. The van der Waals surface area contributed by atoms with Crippen molar-refractivity contribution in [1.82, 2.24) is 4.90 Å². The molecule has 6 heteroatoms. The lowest BCUT2D eigenvalue weighted by Gasteiger charge is -2.32. The predicted octanol–water partition coefficient (Wildman–Crippen LogP) is 3.99. The van der Waals surface area contributed by atoms with E-state index in [0.29, 0.717) is 0 Å². The number of benzene rings is 2. The summed E-state index contributed by atoms with van der Waals surface area (Å²) in [7, 11) is 0. The summed E-state index contributed by atoms with van der Waals surface area (Å²) in [4.78, 5) is 43.8. The lowest BCUT2D eigenvalue weighted by molar-refractivity contribution is -0.143. The summed E-state index contributed by atoms with van der Waals surface area (Å²) in [6.45, 7) is -0.196. The highest BCUT2D eigenvalue weighted by Crippen LogP contribution is 2.48. The van der Waals surface area contributed by atoms with Gasteiger partial charge in [-0.15, -0.1) is 0 Å². The maximum atomic E-state index is 13.3. The van der Waals surface area contributed by atoms with Gasteiger partial charge in [-0.1, -0.05) is 48.9 Å². The molecule has 0 bridgehead atoms. The number of hydrogen-bond donors (Lipinski definition) is 0. The molecule has 0 N–H and O–H groups in total. The zero-order valence-electron chi connectivity index (χ0n) is 15.3. The molecule has 1 aliphatic carbocycles. The quantitative estimate of drug-likeness (QED) is 0.725. The molecule has 2 aromatic rings. The third-order valence-electron chi connectivity index (χ3n) is 5.91. The average Bonchev–Trinajstić information content (AvgIpc) is 2.97. The first-order valence-electron chi connectivity index (χ1n) is 9.69. The van der Waals surface area contributed by atoms with Gasteiger partial charge in [0.1, 0.15) is 6.54 Å². The molecule has 5 nitrogen and oxygen atoms in total. The third-order valence-corrected chi connectivity index (χ3v) is 7.04. The number of fused-ring (bicyclic) bond motifs is 3. The standard InChI is InChI=1S/C22H20N2O3S/c25-20(13-23-21(26)14-7-1-2-8-15(14)22(23)27)24-16-9-3-5-11-18(16)28-19-12-6-4-10-17(19)24/h3-6,9-12,14-15H,1-2,7-8,13H2/t14-,15-/m0/s1. The Morgan fingerprint density at radius 1 is 0.857 bits per heavy atom. The maximum Gasteiger partial charge on any atom is 0.251 e. The normalized spacial score (nSPS) is 23.3. The molecular weight excluding hydrogens is 372 g/mol. The zero-order valence-corrected chi connectivity index (χ0v) is 16.2. The van der Waals surface area contributed by atoms with E-state index in [2.05, 4.69) is 0 Å². The summed E-state index contributed by atoms with van der Waals surface area (Å²) >= 11 is 1.62.